The number of pyridine rings is 2. The second-order valence-corrected chi connectivity index (χ2v) is 6.64. The van der Waals surface area contributed by atoms with E-state index in [0.29, 0.717) is 11.4 Å². The third kappa shape index (κ3) is 3.55. The Kier molecular flexibility index (Phi) is 4.72. The Morgan fingerprint density at radius 3 is 2.54 bits per heavy atom. The van der Waals surface area contributed by atoms with Crippen LogP contribution < -0.4 is 10.6 Å². The summed E-state index contributed by atoms with van der Waals surface area (Å²) in [5.41, 5.74) is 5.96. The first-order valence-corrected chi connectivity index (χ1v) is 9.06. The second kappa shape index (κ2) is 7.48. The number of fused-ring (bicyclic) bond motifs is 1. The maximum Gasteiger partial charge on any atom is 0.274 e. The minimum atomic E-state index is -0.275. The van der Waals surface area contributed by atoms with Gasteiger partial charge >= 0.3 is 0 Å². The molecule has 0 saturated heterocycles. The highest BCUT2D eigenvalue weighted by Crippen LogP contribution is 2.24. The normalized spacial score (nSPS) is 10.6. The zero-order valence-corrected chi connectivity index (χ0v) is 15.7. The lowest BCUT2D eigenvalue weighted by atomic mass is 10.1. The second-order valence-electron chi connectivity index (χ2n) is 6.64. The van der Waals surface area contributed by atoms with Crippen molar-refractivity contribution in [3.8, 4) is 0 Å². The molecule has 0 aliphatic carbocycles. The van der Waals surface area contributed by atoms with Crippen molar-refractivity contribution >= 4 is 33.9 Å². The molecule has 0 aliphatic heterocycles. The minimum Gasteiger partial charge on any atom is -0.355 e. The van der Waals surface area contributed by atoms with Gasteiger partial charge in [-0.3, -0.25) is 14.8 Å². The van der Waals surface area contributed by atoms with Crippen LogP contribution in [0, 0.1) is 13.8 Å². The fourth-order valence-electron chi connectivity index (χ4n) is 3.07. The number of aromatic nitrogens is 2. The number of nitrogens with zero attached hydrogens (tertiary/aromatic N) is 2. The van der Waals surface area contributed by atoms with Crippen molar-refractivity contribution in [1.82, 2.24) is 9.97 Å². The number of aryl methyl sites for hydroxylation is 1. The zero-order chi connectivity index (χ0) is 19.5. The zero-order valence-electron chi connectivity index (χ0n) is 15.7. The molecule has 2 heterocycles. The predicted molar refractivity (Wildman–Crippen MR) is 113 cm³/mol. The summed E-state index contributed by atoms with van der Waals surface area (Å²) >= 11 is 0. The van der Waals surface area contributed by atoms with Crippen LogP contribution in [0.5, 0.6) is 0 Å². The van der Waals surface area contributed by atoms with Gasteiger partial charge in [0.1, 0.15) is 5.69 Å². The molecule has 0 radical (unpaired) electrons. The molecule has 0 atom stereocenters. The van der Waals surface area contributed by atoms with Crippen LogP contribution in [0.2, 0.25) is 0 Å². The van der Waals surface area contributed by atoms with Crippen LogP contribution in [0.1, 0.15) is 21.6 Å². The average molecular weight is 368 g/mol. The van der Waals surface area contributed by atoms with E-state index in [0.717, 1.165) is 22.3 Å². The first-order valence-electron chi connectivity index (χ1n) is 9.06. The van der Waals surface area contributed by atoms with Crippen molar-refractivity contribution < 1.29 is 4.79 Å². The Labute approximate surface area is 163 Å². The standard InChI is InChI=1S/C23H20N4O/c1-15-6-3-9-19(16(15)2)26-18-11-13-24-21(14-18)23(28)27-20-10-4-7-17-8-5-12-25-22(17)20/h3-14H,1-2H3,(H,24,26)(H,27,28). The third-order valence-electron chi connectivity index (χ3n) is 4.76. The van der Waals surface area contributed by atoms with E-state index in [2.05, 4.69) is 40.5 Å². The van der Waals surface area contributed by atoms with Gasteiger partial charge in [0.2, 0.25) is 0 Å². The molecule has 5 nitrogen and oxygen atoms in total. The number of anilines is 3. The maximum absolute atomic E-state index is 12.8. The molecule has 4 rings (SSSR count). The van der Waals surface area contributed by atoms with Crippen molar-refractivity contribution in [2.24, 2.45) is 0 Å². The molecule has 1 amide bonds. The van der Waals surface area contributed by atoms with E-state index in [1.807, 2.05) is 48.5 Å². The van der Waals surface area contributed by atoms with Gasteiger partial charge in [0, 0.05) is 29.2 Å². The molecule has 0 aliphatic rings. The van der Waals surface area contributed by atoms with Crippen LogP contribution in [0.3, 0.4) is 0 Å². The van der Waals surface area contributed by atoms with Gasteiger partial charge in [-0.05, 0) is 55.3 Å². The third-order valence-corrected chi connectivity index (χ3v) is 4.76. The topological polar surface area (TPSA) is 66.9 Å². The summed E-state index contributed by atoms with van der Waals surface area (Å²) in [4.78, 5) is 21.4. The molecule has 2 aromatic carbocycles. The van der Waals surface area contributed by atoms with Crippen LogP contribution in [-0.2, 0) is 0 Å². The van der Waals surface area contributed by atoms with Gasteiger partial charge in [-0.1, -0.05) is 30.3 Å². The highest BCUT2D eigenvalue weighted by Gasteiger charge is 2.11. The molecule has 0 saturated carbocycles. The summed E-state index contributed by atoms with van der Waals surface area (Å²) < 4.78 is 0. The Hall–Kier alpha value is -3.73. The summed E-state index contributed by atoms with van der Waals surface area (Å²) in [6.45, 7) is 4.14. The molecule has 0 fully saturated rings. The molecule has 138 valence electrons. The van der Waals surface area contributed by atoms with Crippen LogP contribution in [0.25, 0.3) is 10.9 Å². The van der Waals surface area contributed by atoms with E-state index < -0.39 is 0 Å². The maximum atomic E-state index is 12.8. The van der Waals surface area contributed by atoms with Gasteiger partial charge in [-0.2, -0.15) is 0 Å². The summed E-state index contributed by atoms with van der Waals surface area (Å²) in [7, 11) is 0. The minimum absolute atomic E-state index is 0.275. The van der Waals surface area contributed by atoms with Crippen molar-refractivity contribution in [2.45, 2.75) is 13.8 Å². The smallest absolute Gasteiger partial charge is 0.274 e. The van der Waals surface area contributed by atoms with Crippen LogP contribution in [0.4, 0.5) is 17.1 Å². The van der Waals surface area contributed by atoms with Gasteiger partial charge < -0.3 is 10.6 Å². The first kappa shape index (κ1) is 17.7. The number of hydrogen-bond donors (Lipinski definition) is 2. The number of benzene rings is 2. The molecule has 0 bridgehead atoms. The Morgan fingerprint density at radius 1 is 0.857 bits per heavy atom. The number of para-hydroxylation sites is 1. The van der Waals surface area contributed by atoms with E-state index >= 15 is 0 Å². The van der Waals surface area contributed by atoms with Crippen molar-refractivity contribution in [2.75, 3.05) is 10.6 Å². The number of carbonyl (C=O) groups is 1. The van der Waals surface area contributed by atoms with Crippen molar-refractivity contribution in [3.05, 3.63) is 89.9 Å². The fraction of sp³-hybridized carbons (Fsp3) is 0.0870. The predicted octanol–water partition coefficient (Wildman–Crippen LogP) is 5.24. The molecular weight excluding hydrogens is 348 g/mol. The monoisotopic (exact) mass is 368 g/mol. The van der Waals surface area contributed by atoms with Crippen LogP contribution >= 0.6 is 0 Å². The molecular formula is C23H20N4O. The summed E-state index contributed by atoms with van der Waals surface area (Å²) in [5, 5.41) is 7.26. The van der Waals surface area contributed by atoms with Gasteiger partial charge in [0.05, 0.1) is 11.2 Å². The van der Waals surface area contributed by atoms with E-state index in [-0.39, 0.29) is 5.91 Å². The van der Waals surface area contributed by atoms with Crippen LogP contribution in [-0.4, -0.2) is 15.9 Å². The fourth-order valence-corrected chi connectivity index (χ4v) is 3.07. The number of nitrogens with one attached hydrogen (secondary N) is 2. The number of carbonyl (C=O) groups excluding carboxylic acids is 1. The lowest BCUT2D eigenvalue weighted by Gasteiger charge is -2.12. The number of rotatable bonds is 4. The lowest BCUT2D eigenvalue weighted by Crippen LogP contribution is -2.14. The van der Waals surface area contributed by atoms with E-state index in [1.54, 1.807) is 18.5 Å². The molecule has 0 spiro atoms. The number of amides is 1. The Balaban J connectivity index is 1.58. The average Bonchev–Trinajstić information content (AvgIpc) is 2.72. The SMILES string of the molecule is Cc1cccc(Nc2ccnc(C(=O)Nc3cccc4cccnc34)c2)c1C. The number of hydrogen-bond acceptors (Lipinski definition) is 4. The van der Waals surface area contributed by atoms with Crippen LogP contribution in [0.15, 0.2) is 73.1 Å². The van der Waals surface area contributed by atoms with E-state index in [1.165, 1.54) is 11.1 Å². The lowest BCUT2D eigenvalue weighted by molar-refractivity contribution is 0.102. The van der Waals surface area contributed by atoms with Gasteiger partial charge in [-0.15, -0.1) is 0 Å². The Morgan fingerprint density at radius 2 is 1.64 bits per heavy atom. The van der Waals surface area contributed by atoms with Crippen molar-refractivity contribution in [3.63, 3.8) is 0 Å². The van der Waals surface area contributed by atoms with Crippen molar-refractivity contribution in [1.29, 1.82) is 0 Å². The van der Waals surface area contributed by atoms with Gasteiger partial charge in [-0.25, -0.2) is 0 Å². The first-order chi connectivity index (χ1) is 13.6. The van der Waals surface area contributed by atoms with Gasteiger partial charge in [0.25, 0.3) is 5.91 Å². The van der Waals surface area contributed by atoms with E-state index in [9.17, 15) is 4.79 Å². The Bertz CT molecular complexity index is 1160. The summed E-state index contributed by atoms with van der Waals surface area (Å²) in [6, 6.07) is 19.2. The molecule has 2 N–H and O–H groups in total. The highest BCUT2D eigenvalue weighted by atomic mass is 16.1. The van der Waals surface area contributed by atoms with Gasteiger partial charge in [0.15, 0.2) is 0 Å². The quantitative estimate of drug-likeness (QED) is 0.517. The molecule has 5 heteroatoms. The summed E-state index contributed by atoms with van der Waals surface area (Å²) in [6.07, 6.45) is 3.34. The molecule has 4 aromatic rings. The molecule has 2 aromatic heterocycles. The largest absolute Gasteiger partial charge is 0.355 e. The summed E-state index contributed by atoms with van der Waals surface area (Å²) in [5.74, 6) is -0.275. The highest BCUT2D eigenvalue weighted by molar-refractivity contribution is 6.07. The van der Waals surface area contributed by atoms with E-state index in [4.69, 9.17) is 0 Å². The molecule has 28 heavy (non-hydrogen) atoms. The molecule has 0 unspecified atom stereocenters.